The van der Waals surface area contributed by atoms with Crippen molar-refractivity contribution in [1.82, 2.24) is 4.31 Å². The van der Waals surface area contributed by atoms with E-state index in [4.69, 9.17) is 18.0 Å². The van der Waals surface area contributed by atoms with Gasteiger partial charge in [-0.05, 0) is 18.8 Å². The number of hydrogen-bond acceptors (Lipinski definition) is 2. The molecule has 0 radical (unpaired) electrons. The van der Waals surface area contributed by atoms with Crippen LogP contribution in [0.25, 0.3) is 0 Å². The largest absolute Gasteiger partial charge is 0.216 e. The molecule has 1 fully saturated rings. The summed E-state index contributed by atoms with van der Waals surface area (Å²) in [5.41, 5.74) is 0. The van der Waals surface area contributed by atoms with Gasteiger partial charge in [0.15, 0.2) is 0 Å². The van der Waals surface area contributed by atoms with Crippen molar-refractivity contribution < 1.29 is 8.42 Å². The zero-order chi connectivity index (χ0) is 10.6. The van der Waals surface area contributed by atoms with Crippen LogP contribution in [0.4, 0.5) is 0 Å². The average molecular weight is 236 g/mol. The first-order valence-electron chi connectivity index (χ1n) is 4.57. The van der Waals surface area contributed by atoms with Crippen LogP contribution >= 0.6 is 11.6 Å². The third-order valence-electron chi connectivity index (χ3n) is 2.15. The highest BCUT2D eigenvalue weighted by atomic mass is 35.5. The molecule has 0 aromatic heterocycles. The summed E-state index contributed by atoms with van der Waals surface area (Å²) in [6, 6.07) is 0. The summed E-state index contributed by atoms with van der Waals surface area (Å²) in [5.74, 6) is 2.97. The van der Waals surface area contributed by atoms with Crippen molar-refractivity contribution in [1.29, 1.82) is 0 Å². The fraction of sp³-hybridized carbons (Fsp3) is 0.778. The van der Waals surface area contributed by atoms with E-state index in [-0.39, 0.29) is 18.2 Å². The molecule has 80 valence electrons. The maximum absolute atomic E-state index is 11.6. The van der Waals surface area contributed by atoms with Crippen LogP contribution in [0.2, 0.25) is 0 Å². The van der Waals surface area contributed by atoms with E-state index < -0.39 is 10.0 Å². The number of terminal acetylenes is 1. The van der Waals surface area contributed by atoms with Crippen molar-refractivity contribution in [3.63, 3.8) is 0 Å². The normalized spacial score (nSPS) is 16.9. The van der Waals surface area contributed by atoms with E-state index in [1.54, 1.807) is 0 Å². The molecule has 1 rings (SSSR count). The summed E-state index contributed by atoms with van der Waals surface area (Å²) >= 11 is 5.42. The van der Waals surface area contributed by atoms with E-state index in [1.807, 2.05) is 0 Å². The molecule has 1 aliphatic carbocycles. The Labute approximate surface area is 90.5 Å². The molecule has 0 bridgehead atoms. The Morgan fingerprint density at radius 3 is 2.57 bits per heavy atom. The molecule has 0 N–H and O–H groups in total. The number of sulfonamides is 1. The maximum atomic E-state index is 11.6. The second-order valence-electron chi connectivity index (χ2n) is 3.45. The van der Waals surface area contributed by atoms with Crippen molar-refractivity contribution in [2.75, 3.05) is 24.7 Å². The first-order chi connectivity index (χ1) is 6.60. The van der Waals surface area contributed by atoms with Gasteiger partial charge in [-0.3, -0.25) is 0 Å². The van der Waals surface area contributed by atoms with E-state index in [1.165, 1.54) is 4.31 Å². The highest BCUT2D eigenvalue weighted by Gasteiger charge is 2.29. The van der Waals surface area contributed by atoms with Gasteiger partial charge >= 0.3 is 0 Å². The Morgan fingerprint density at radius 1 is 1.50 bits per heavy atom. The van der Waals surface area contributed by atoms with Crippen molar-refractivity contribution in [3.8, 4) is 12.3 Å². The first-order valence-corrected chi connectivity index (χ1v) is 6.71. The zero-order valence-corrected chi connectivity index (χ0v) is 9.52. The molecule has 0 atom stereocenters. The monoisotopic (exact) mass is 235 g/mol. The molecule has 0 amide bonds. The molecule has 0 heterocycles. The Balaban J connectivity index is 2.60. The molecule has 3 nitrogen and oxygen atoms in total. The third kappa shape index (κ3) is 3.49. The van der Waals surface area contributed by atoms with Crippen LogP contribution in [0.15, 0.2) is 0 Å². The van der Waals surface area contributed by atoms with Crippen molar-refractivity contribution in [2.45, 2.75) is 12.8 Å². The van der Waals surface area contributed by atoms with E-state index in [0.717, 1.165) is 12.8 Å². The third-order valence-corrected chi connectivity index (χ3v) is 4.35. The molecule has 0 saturated heterocycles. The van der Waals surface area contributed by atoms with Gasteiger partial charge in [-0.15, -0.1) is 18.0 Å². The fourth-order valence-corrected chi connectivity index (χ4v) is 2.94. The van der Waals surface area contributed by atoms with Crippen LogP contribution in [-0.2, 0) is 10.0 Å². The summed E-state index contributed by atoms with van der Waals surface area (Å²) < 4.78 is 24.6. The predicted molar refractivity (Wildman–Crippen MR) is 57.6 cm³/mol. The van der Waals surface area contributed by atoms with E-state index >= 15 is 0 Å². The summed E-state index contributed by atoms with van der Waals surface area (Å²) in [6.07, 6.45) is 7.35. The Kier molecular flexibility index (Phi) is 4.24. The SMILES string of the molecule is C#CCN(CC1CC1)S(=O)(=O)CCCl. The Bertz CT molecular complexity index is 316. The highest BCUT2D eigenvalue weighted by Crippen LogP contribution is 2.30. The minimum absolute atomic E-state index is 0.0248. The van der Waals surface area contributed by atoms with Crippen molar-refractivity contribution in [3.05, 3.63) is 0 Å². The van der Waals surface area contributed by atoms with E-state index in [0.29, 0.717) is 12.5 Å². The van der Waals surface area contributed by atoms with Gasteiger partial charge in [-0.2, -0.15) is 4.31 Å². The second-order valence-corrected chi connectivity index (χ2v) is 5.91. The molecule has 5 heteroatoms. The molecule has 0 aromatic carbocycles. The second kappa shape index (κ2) is 5.01. The molecular weight excluding hydrogens is 222 g/mol. The summed E-state index contributed by atoms with van der Waals surface area (Å²) in [6.45, 7) is 0.721. The average Bonchev–Trinajstić information content (AvgIpc) is 2.87. The van der Waals surface area contributed by atoms with Crippen LogP contribution in [0.1, 0.15) is 12.8 Å². The summed E-state index contributed by atoms with van der Waals surface area (Å²) in [4.78, 5) is 0. The number of hydrogen-bond donors (Lipinski definition) is 0. The number of alkyl halides is 1. The van der Waals surface area contributed by atoms with Crippen LogP contribution < -0.4 is 0 Å². The van der Waals surface area contributed by atoms with Gasteiger partial charge in [-0.1, -0.05) is 5.92 Å². The molecule has 1 aliphatic rings. The topological polar surface area (TPSA) is 37.4 Å². The lowest BCUT2D eigenvalue weighted by Gasteiger charge is -2.18. The smallest absolute Gasteiger partial charge is 0.212 e. The highest BCUT2D eigenvalue weighted by molar-refractivity contribution is 7.89. The van der Waals surface area contributed by atoms with Gasteiger partial charge in [0, 0.05) is 12.4 Å². The van der Waals surface area contributed by atoms with Crippen molar-refractivity contribution >= 4 is 21.6 Å². The van der Waals surface area contributed by atoms with Gasteiger partial charge in [0.2, 0.25) is 10.0 Å². The molecular formula is C9H14ClNO2S. The summed E-state index contributed by atoms with van der Waals surface area (Å²) in [5, 5.41) is 0. The van der Waals surface area contributed by atoms with Gasteiger partial charge in [-0.25, -0.2) is 8.42 Å². The predicted octanol–water partition coefficient (Wildman–Crippen LogP) is 0.900. The lowest BCUT2D eigenvalue weighted by atomic mass is 10.4. The van der Waals surface area contributed by atoms with Gasteiger partial charge in [0.25, 0.3) is 0 Å². The van der Waals surface area contributed by atoms with Gasteiger partial charge in [0.1, 0.15) is 0 Å². The van der Waals surface area contributed by atoms with Gasteiger partial charge < -0.3 is 0 Å². The number of rotatable bonds is 6. The fourth-order valence-electron chi connectivity index (χ4n) is 1.19. The van der Waals surface area contributed by atoms with Crippen molar-refractivity contribution in [2.24, 2.45) is 5.92 Å². The van der Waals surface area contributed by atoms with Crippen LogP contribution in [0.3, 0.4) is 0 Å². The van der Waals surface area contributed by atoms with Crippen LogP contribution in [0, 0.1) is 18.3 Å². The molecule has 14 heavy (non-hydrogen) atoms. The van der Waals surface area contributed by atoms with E-state index in [2.05, 4.69) is 5.92 Å². The minimum Gasteiger partial charge on any atom is -0.212 e. The lowest BCUT2D eigenvalue weighted by Crippen LogP contribution is -2.35. The molecule has 0 aliphatic heterocycles. The minimum atomic E-state index is -3.23. The Morgan fingerprint density at radius 2 is 2.14 bits per heavy atom. The molecule has 0 unspecified atom stereocenters. The van der Waals surface area contributed by atoms with Crippen LogP contribution in [-0.4, -0.2) is 37.4 Å². The van der Waals surface area contributed by atoms with Gasteiger partial charge in [0.05, 0.1) is 12.3 Å². The summed E-state index contributed by atoms with van der Waals surface area (Å²) in [7, 11) is -3.23. The number of nitrogens with zero attached hydrogens (tertiary/aromatic N) is 1. The molecule has 1 saturated carbocycles. The zero-order valence-electron chi connectivity index (χ0n) is 7.95. The standard InChI is InChI=1S/C9H14ClNO2S/c1-2-6-11(8-9-3-4-9)14(12,13)7-5-10/h1,9H,3-8H2. The molecule has 0 aromatic rings. The number of halogens is 1. The Hall–Kier alpha value is -0.240. The lowest BCUT2D eigenvalue weighted by molar-refractivity contribution is 0.431. The quantitative estimate of drug-likeness (QED) is 0.507. The van der Waals surface area contributed by atoms with E-state index in [9.17, 15) is 8.42 Å². The molecule has 0 spiro atoms. The van der Waals surface area contributed by atoms with Crippen LogP contribution in [0.5, 0.6) is 0 Å². The first kappa shape index (κ1) is 11.8. The maximum Gasteiger partial charge on any atom is 0.216 e.